The largest absolute Gasteiger partial charge is 0.350 e. The molecule has 1 N–H and O–H groups in total. The number of carbonyl (C=O) groups excluding carboxylic acids is 1. The van der Waals surface area contributed by atoms with Gasteiger partial charge in [-0.2, -0.15) is 0 Å². The maximum Gasteiger partial charge on any atom is 0.253 e. The maximum atomic E-state index is 12.6. The van der Waals surface area contributed by atoms with Crippen LogP contribution in [0.2, 0.25) is 10.0 Å². The Morgan fingerprint density at radius 1 is 1.00 bits per heavy atom. The molecule has 3 nitrogen and oxygen atoms in total. The smallest absolute Gasteiger partial charge is 0.253 e. The van der Waals surface area contributed by atoms with E-state index in [1.54, 1.807) is 18.2 Å². The van der Waals surface area contributed by atoms with Gasteiger partial charge in [0.1, 0.15) is 0 Å². The molecule has 1 heterocycles. The van der Waals surface area contributed by atoms with Crippen molar-refractivity contribution < 1.29 is 4.79 Å². The second kappa shape index (κ2) is 9.59. The van der Waals surface area contributed by atoms with E-state index in [0.717, 1.165) is 19.4 Å². The lowest BCUT2D eigenvalue weighted by Gasteiger charge is -2.14. The number of rotatable bonds is 7. The van der Waals surface area contributed by atoms with Crippen LogP contribution in [0, 0.1) is 0 Å². The first-order chi connectivity index (χ1) is 15.0. The summed E-state index contributed by atoms with van der Waals surface area (Å²) in [6.07, 6.45) is 3.94. The fourth-order valence-corrected chi connectivity index (χ4v) is 4.35. The molecule has 0 aliphatic carbocycles. The lowest BCUT2D eigenvalue weighted by molar-refractivity contribution is 0.0938. The zero-order valence-electron chi connectivity index (χ0n) is 17.3. The quantitative estimate of drug-likeness (QED) is 0.332. The topological polar surface area (TPSA) is 34.0 Å². The van der Waals surface area contributed by atoms with Crippen molar-refractivity contribution in [1.29, 1.82) is 0 Å². The Balaban J connectivity index is 1.45. The van der Waals surface area contributed by atoms with E-state index in [4.69, 9.17) is 23.2 Å². The molecule has 1 amide bonds. The SMILES string of the molecule is C[C@H](CCc1cn(Cc2ccccc2)c2ccccc12)NC(=O)c1ccc(Cl)cc1Cl. The lowest BCUT2D eigenvalue weighted by Crippen LogP contribution is -2.33. The van der Waals surface area contributed by atoms with Gasteiger partial charge in [-0.3, -0.25) is 4.79 Å². The minimum atomic E-state index is -0.180. The number of benzene rings is 3. The van der Waals surface area contributed by atoms with Crippen LogP contribution in [0.4, 0.5) is 0 Å². The van der Waals surface area contributed by atoms with E-state index < -0.39 is 0 Å². The summed E-state index contributed by atoms with van der Waals surface area (Å²) in [6, 6.07) is 23.9. The summed E-state index contributed by atoms with van der Waals surface area (Å²) in [4.78, 5) is 12.6. The summed E-state index contributed by atoms with van der Waals surface area (Å²) in [5.74, 6) is -0.180. The highest BCUT2D eigenvalue weighted by molar-refractivity contribution is 6.36. The highest BCUT2D eigenvalue weighted by Gasteiger charge is 2.15. The minimum Gasteiger partial charge on any atom is -0.350 e. The Kier molecular flexibility index (Phi) is 6.64. The number of para-hydroxylation sites is 1. The van der Waals surface area contributed by atoms with Gasteiger partial charge in [0, 0.05) is 34.7 Å². The third-order valence-electron chi connectivity index (χ3n) is 5.47. The van der Waals surface area contributed by atoms with Crippen LogP contribution in [-0.4, -0.2) is 16.5 Å². The second-order valence-corrected chi connectivity index (χ2v) is 8.67. The van der Waals surface area contributed by atoms with Gasteiger partial charge in [0.2, 0.25) is 0 Å². The average molecular weight is 451 g/mol. The summed E-state index contributed by atoms with van der Waals surface area (Å²) < 4.78 is 2.30. The number of aromatic nitrogens is 1. The average Bonchev–Trinajstić information content (AvgIpc) is 3.10. The Bertz CT molecular complexity index is 1200. The molecule has 3 aromatic carbocycles. The predicted octanol–water partition coefficient (Wildman–Crippen LogP) is 6.75. The summed E-state index contributed by atoms with van der Waals surface area (Å²) in [7, 11) is 0. The molecule has 4 rings (SSSR count). The Morgan fingerprint density at radius 2 is 1.74 bits per heavy atom. The molecule has 0 bridgehead atoms. The number of nitrogens with zero attached hydrogens (tertiary/aromatic N) is 1. The van der Waals surface area contributed by atoms with Gasteiger partial charge >= 0.3 is 0 Å². The van der Waals surface area contributed by atoms with E-state index >= 15 is 0 Å². The summed E-state index contributed by atoms with van der Waals surface area (Å²) in [5.41, 5.74) is 4.23. The molecule has 0 saturated heterocycles. The maximum absolute atomic E-state index is 12.6. The van der Waals surface area contributed by atoms with E-state index in [9.17, 15) is 4.79 Å². The first kappa shape index (κ1) is 21.5. The molecule has 4 aromatic rings. The lowest BCUT2D eigenvalue weighted by atomic mass is 10.0. The number of aryl methyl sites for hydroxylation is 1. The molecule has 0 unspecified atom stereocenters. The van der Waals surface area contributed by atoms with Crippen molar-refractivity contribution in [3.05, 3.63) is 106 Å². The molecule has 0 aliphatic rings. The van der Waals surface area contributed by atoms with E-state index in [1.807, 2.05) is 13.0 Å². The monoisotopic (exact) mass is 450 g/mol. The van der Waals surface area contributed by atoms with Crippen molar-refractivity contribution in [3.8, 4) is 0 Å². The van der Waals surface area contributed by atoms with Crippen molar-refractivity contribution in [2.75, 3.05) is 0 Å². The van der Waals surface area contributed by atoms with E-state index in [-0.39, 0.29) is 11.9 Å². The van der Waals surface area contributed by atoms with Crippen LogP contribution >= 0.6 is 23.2 Å². The fourth-order valence-electron chi connectivity index (χ4n) is 3.85. The normalized spacial score (nSPS) is 12.1. The van der Waals surface area contributed by atoms with Gasteiger partial charge in [-0.05, 0) is 55.2 Å². The number of hydrogen-bond donors (Lipinski definition) is 1. The highest BCUT2D eigenvalue weighted by Crippen LogP contribution is 2.24. The van der Waals surface area contributed by atoms with Gasteiger partial charge in [-0.15, -0.1) is 0 Å². The van der Waals surface area contributed by atoms with Crippen LogP contribution in [0.5, 0.6) is 0 Å². The number of nitrogens with one attached hydrogen (secondary N) is 1. The van der Waals surface area contributed by atoms with Crippen LogP contribution in [0.3, 0.4) is 0 Å². The van der Waals surface area contributed by atoms with Gasteiger partial charge in [0.25, 0.3) is 5.91 Å². The van der Waals surface area contributed by atoms with Crippen molar-refractivity contribution in [2.24, 2.45) is 0 Å². The molecule has 0 fully saturated rings. The summed E-state index contributed by atoms with van der Waals surface area (Å²) in [6.45, 7) is 2.85. The molecule has 1 atom stereocenters. The molecule has 5 heteroatoms. The predicted molar refractivity (Wildman–Crippen MR) is 129 cm³/mol. The molecular formula is C26H24Cl2N2O. The van der Waals surface area contributed by atoms with Crippen molar-refractivity contribution in [1.82, 2.24) is 9.88 Å². The standard InChI is InChI=1S/C26H24Cl2N2O/c1-18(29-26(31)23-14-13-21(27)15-24(23)28)11-12-20-17-30(16-19-7-3-2-4-8-19)25-10-6-5-9-22(20)25/h2-10,13-15,17-18H,11-12,16H2,1H3,(H,29,31)/t18-/m1/s1. The van der Waals surface area contributed by atoms with Gasteiger partial charge in [-0.1, -0.05) is 71.7 Å². The highest BCUT2D eigenvalue weighted by atomic mass is 35.5. The zero-order chi connectivity index (χ0) is 21.8. The molecule has 31 heavy (non-hydrogen) atoms. The zero-order valence-corrected chi connectivity index (χ0v) is 18.8. The second-order valence-electron chi connectivity index (χ2n) is 7.82. The van der Waals surface area contributed by atoms with E-state index in [2.05, 4.69) is 64.6 Å². The van der Waals surface area contributed by atoms with Crippen LogP contribution in [0.15, 0.2) is 79.0 Å². The molecule has 158 valence electrons. The van der Waals surface area contributed by atoms with Crippen LogP contribution in [-0.2, 0) is 13.0 Å². The number of hydrogen-bond acceptors (Lipinski definition) is 1. The Labute approximate surface area is 192 Å². The summed E-state index contributed by atoms with van der Waals surface area (Å²) in [5, 5.41) is 5.19. The third-order valence-corrected chi connectivity index (χ3v) is 6.01. The molecule has 0 saturated carbocycles. The Hall–Kier alpha value is -2.75. The van der Waals surface area contributed by atoms with Gasteiger partial charge < -0.3 is 9.88 Å². The number of carbonyl (C=O) groups is 1. The molecule has 1 aromatic heterocycles. The van der Waals surface area contributed by atoms with Gasteiger partial charge in [-0.25, -0.2) is 0 Å². The minimum absolute atomic E-state index is 0.00970. The first-order valence-corrected chi connectivity index (χ1v) is 11.1. The Morgan fingerprint density at radius 3 is 2.52 bits per heavy atom. The van der Waals surface area contributed by atoms with Crippen molar-refractivity contribution >= 4 is 40.0 Å². The molecular weight excluding hydrogens is 427 g/mol. The van der Waals surface area contributed by atoms with Gasteiger partial charge in [0.15, 0.2) is 0 Å². The van der Waals surface area contributed by atoms with E-state index in [0.29, 0.717) is 15.6 Å². The molecule has 0 aliphatic heterocycles. The fraction of sp³-hybridized carbons (Fsp3) is 0.192. The third kappa shape index (κ3) is 5.12. The number of halogens is 2. The summed E-state index contributed by atoms with van der Waals surface area (Å²) >= 11 is 12.1. The number of fused-ring (bicyclic) bond motifs is 1. The van der Waals surface area contributed by atoms with Crippen molar-refractivity contribution in [2.45, 2.75) is 32.4 Å². The molecule has 0 radical (unpaired) electrons. The van der Waals surface area contributed by atoms with Crippen LogP contribution < -0.4 is 5.32 Å². The van der Waals surface area contributed by atoms with E-state index in [1.165, 1.54) is 22.0 Å². The first-order valence-electron chi connectivity index (χ1n) is 10.4. The van der Waals surface area contributed by atoms with Crippen molar-refractivity contribution in [3.63, 3.8) is 0 Å². The van der Waals surface area contributed by atoms with Crippen LogP contribution in [0.1, 0.15) is 34.8 Å². The molecule has 0 spiro atoms. The van der Waals surface area contributed by atoms with Crippen LogP contribution in [0.25, 0.3) is 10.9 Å². The van der Waals surface area contributed by atoms with Gasteiger partial charge in [0.05, 0.1) is 10.6 Å². The number of amides is 1.